The second-order valence-electron chi connectivity index (χ2n) is 6.04. The highest BCUT2D eigenvalue weighted by molar-refractivity contribution is 7.16. The van der Waals surface area contributed by atoms with Gasteiger partial charge in [0.1, 0.15) is 17.4 Å². The summed E-state index contributed by atoms with van der Waals surface area (Å²) in [5, 5.41) is 15.7. The summed E-state index contributed by atoms with van der Waals surface area (Å²) in [6.07, 6.45) is 9.13. The molecule has 7 nitrogen and oxygen atoms in total. The number of aldehydes is 1. The fourth-order valence-electron chi connectivity index (χ4n) is 2.78. The monoisotopic (exact) mass is 414 g/mol. The average molecular weight is 415 g/mol. The molecular weight excluding hydrogens is 388 g/mol. The number of hydrogen-bond donors (Lipinski definition) is 2. The molecule has 1 heterocycles. The number of nitriles is 1. The van der Waals surface area contributed by atoms with Crippen molar-refractivity contribution in [3.05, 3.63) is 52.6 Å². The quantitative estimate of drug-likeness (QED) is 0.307. The van der Waals surface area contributed by atoms with E-state index in [1.807, 2.05) is 7.05 Å². The minimum atomic E-state index is -0.384. The van der Waals surface area contributed by atoms with E-state index in [0.717, 1.165) is 35.4 Å². The SMILES string of the molecule is C=CC(/C=C/C=O)=C\N=C.CNC(=O)OC[C@H]1CCc2c(sc(NC)c2C#N)C1. The van der Waals surface area contributed by atoms with Gasteiger partial charge in [-0.1, -0.05) is 18.7 Å². The summed E-state index contributed by atoms with van der Waals surface area (Å²) in [7, 11) is 3.39. The van der Waals surface area contributed by atoms with Crippen molar-refractivity contribution in [2.45, 2.75) is 19.3 Å². The van der Waals surface area contributed by atoms with Crippen LogP contribution in [0, 0.1) is 17.2 Å². The maximum Gasteiger partial charge on any atom is 0.406 e. The van der Waals surface area contributed by atoms with Crippen LogP contribution in [0.3, 0.4) is 0 Å². The summed E-state index contributed by atoms with van der Waals surface area (Å²) >= 11 is 1.64. The van der Waals surface area contributed by atoms with Crippen LogP contribution in [0.25, 0.3) is 0 Å². The van der Waals surface area contributed by atoms with Crippen molar-refractivity contribution in [3.8, 4) is 6.07 Å². The zero-order chi connectivity index (χ0) is 21.6. The number of carbonyl (C=O) groups is 2. The number of alkyl carbamates (subject to hydrolysis) is 1. The van der Waals surface area contributed by atoms with E-state index in [0.29, 0.717) is 18.8 Å². The summed E-state index contributed by atoms with van der Waals surface area (Å²) in [6.45, 7) is 7.21. The fourth-order valence-corrected chi connectivity index (χ4v) is 4.04. The zero-order valence-electron chi connectivity index (χ0n) is 16.7. The first-order valence-corrected chi connectivity index (χ1v) is 9.83. The molecule has 0 saturated heterocycles. The Bertz CT molecular complexity index is 834. The number of aliphatic imine (C=N–C) groups is 1. The first kappa shape index (κ1) is 23.9. The van der Waals surface area contributed by atoms with E-state index in [1.165, 1.54) is 22.7 Å². The summed E-state index contributed by atoms with van der Waals surface area (Å²) in [5.41, 5.74) is 2.73. The molecular formula is C21H26N4O3S. The van der Waals surface area contributed by atoms with Gasteiger partial charge in [-0.3, -0.25) is 9.79 Å². The van der Waals surface area contributed by atoms with Crippen molar-refractivity contribution < 1.29 is 14.3 Å². The van der Waals surface area contributed by atoms with E-state index in [-0.39, 0.29) is 6.09 Å². The molecule has 0 unspecified atom stereocenters. The molecule has 154 valence electrons. The third-order valence-corrected chi connectivity index (χ3v) is 5.48. The first-order chi connectivity index (χ1) is 14.0. The van der Waals surface area contributed by atoms with Gasteiger partial charge in [-0.25, -0.2) is 4.79 Å². The maximum absolute atomic E-state index is 11.1. The number of fused-ring (bicyclic) bond motifs is 1. The van der Waals surface area contributed by atoms with Crippen LogP contribution >= 0.6 is 11.3 Å². The van der Waals surface area contributed by atoms with Gasteiger partial charge in [0.15, 0.2) is 0 Å². The number of nitrogens with one attached hydrogen (secondary N) is 2. The maximum atomic E-state index is 11.1. The smallest absolute Gasteiger partial charge is 0.406 e. The molecule has 0 fully saturated rings. The second-order valence-corrected chi connectivity index (χ2v) is 7.14. The van der Waals surface area contributed by atoms with Crippen molar-refractivity contribution in [2.24, 2.45) is 10.9 Å². The molecule has 1 aliphatic rings. The van der Waals surface area contributed by atoms with Crippen molar-refractivity contribution in [1.82, 2.24) is 5.32 Å². The zero-order valence-corrected chi connectivity index (χ0v) is 17.6. The molecule has 0 aromatic carbocycles. The Morgan fingerprint density at radius 1 is 1.48 bits per heavy atom. The van der Waals surface area contributed by atoms with Crippen molar-refractivity contribution in [3.63, 3.8) is 0 Å². The standard InChI is InChI=1S/C13H17N3O2S.C8H9NO/c1-15-12-10(6-14)9-4-3-8(5-11(9)19-12)7-18-13(17)16-2;1-3-8(7-9-2)5-4-6-10/h8,15H,3-5,7H2,1-2H3,(H,16,17);3-7H,1-2H2/b;5-4+,8-7+/t8-;/m0./s1. The van der Waals surface area contributed by atoms with Gasteiger partial charge >= 0.3 is 6.09 Å². The topological polar surface area (TPSA) is 104 Å². The normalized spacial score (nSPS) is 15.2. The molecule has 8 heteroatoms. The van der Waals surface area contributed by atoms with E-state index < -0.39 is 0 Å². The lowest BCUT2D eigenvalue weighted by Crippen LogP contribution is -2.25. The molecule has 0 saturated carbocycles. The first-order valence-electron chi connectivity index (χ1n) is 9.01. The molecule has 1 aromatic rings. The Labute approximate surface area is 175 Å². The highest BCUT2D eigenvalue weighted by Gasteiger charge is 2.26. The van der Waals surface area contributed by atoms with Crippen LogP contribution in [0.2, 0.25) is 0 Å². The molecule has 1 amide bonds. The number of anilines is 1. The van der Waals surface area contributed by atoms with Crippen LogP contribution in [0.1, 0.15) is 22.4 Å². The van der Waals surface area contributed by atoms with Crippen molar-refractivity contribution in [2.75, 3.05) is 26.0 Å². The van der Waals surface area contributed by atoms with Gasteiger partial charge in [0.05, 0.1) is 12.2 Å². The lowest BCUT2D eigenvalue weighted by molar-refractivity contribution is -0.104. The second kappa shape index (κ2) is 13.1. The van der Waals surface area contributed by atoms with Crippen molar-refractivity contribution in [1.29, 1.82) is 5.26 Å². The van der Waals surface area contributed by atoms with Crippen LogP contribution in [0.4, 0.5) is 9.80 Å². The molecule has 0 spiro atoms. The number of thiophene rings is 1. The van der Waals surface area contributed by atoms with Gasteiger partial charge in [-0.2, -0.15) is 5.26 Å². The summed E-state index contributed by atoms with van der Waals surface area (Å²) in [5.74, 6) is 0.347. The van der Waals surface area contributed by atoms with Gasteiger partial charge < -0.3 is 15.4 Å². The number of amides is 1. The predicted molar refractivity (Wildman–Crippen MR) is 118 cm³/mol. The molecule has 2 N–H and O–H groups in total. The summed E-state index contributed by atoms with van der Waals surface area (Å²) < 4.78 is 5.11. The molecule has 2 rings (SSSR count). The van der Waals surface area contributed by atoms with Crippen LogP contribution in [0.15, 0.2) is 41.6 Å². The van der Waals surface area contributed by atoms with E-state index in [4.69, 9.17) is 4.74 Å². The van der Waals surface area contributed by atoms with E-state index in [2.05, 4.69) is 35.0 Å². The van der Waals surface area contributed by atoms with Gasteiger partial charge in [0, 0.05) is 25.2 Å². The molecule has 1 aromatic heterocycles. The Balaban J connectivity index is 0.000000359. The molecule has 0 radical (unpaired) electrons. The van der Waals surface area contributed by atoms with Gasteiger partial charge in [-0.05, 0) is 49.1 Å². The highest BCUT2D eigenvalue weighted by Crippen LogP contribution is 2.39. The predicted octanol–water partition coefficient (Wildman–Crippen LogP) is 3.63. The minimum Gasteiger partial charge on any atom is -0.449 e. The highest BCUT2D eigenvalue weighted by atomic mass is 32.1. The van der Waals surface area contributed by atoms with E-state index >= 15 is 0 Å². The van der Waals surface area contributed by atoms with Gasteiger partial charge in [0.25, 0.3) is 0 Å². The number of hydrogen-bond acceptors (Lipinski definition) is 7. The molecule has 1 atom stereocenters. The average Bonchev–Trinajstić information content (AvgIpc) is 3.12. The van der Waals surface area contributed by atoms with Crippen molar-refractivity contribution >= 4 is 35.4 Å². The van der Waals surface area contributed by atoms with Crippen LogP contribution in [0.5, 0.6) is 0 Å². The van der Waals surface area contributed by atoms with Crippen LogP contribution in [-0.2, 0) is 22.4 Å². The largest absolute Gasteiger partial charge is 0.449 e. The Hall–Kier alpha value is -3.18. The Morgan fingerprint density at radius 2 is 2.24 bits per heavy atom. The van der Waals surface area contributed by atoms with Crippen LogP contribution < -0.4 is 10.6 Å². The number of allylic oxidation sites excluding steroid dienone is 4. The summed E-state index contributed by atoms with van der Waals surface area (Å²) in [6, 6.07) is 2.28. The third kappa shape index (κ3) is 7.39. The summed E-state index contributed by atoms with van der Waals surface area (Å²) in [4.78, 5) is 25.7. The van der Waals surface area contributed by atoms with E-state index in [9.17, 15) is 14.9 Å². The van der Waals surface area contributed by atoms with E-state index in [1.54, 1.807) is 30.5 Å². The number of rotatable bonds is 7. The molecule has 29 heavy (non-hydrogen) atoms. The fraction of sp³-hybridized carbons (Fsp3) is 0.333. The number of ether oxygens (including phenoxy) is 1. The lowest BCUT2D eigenvalue weighted by atomic mass is 9.88. The third-order valence-electron chi connectivity index (χ3n) is 4.20. The van der Waals surface area contributed by atoms with Gasteiger partial charge in [0.2, 0.25) is 0 Å². The number of nitrogens with zero attached hydrogens (tertiary/aromatic N) is 2. The Morgan fingerprint density at radius 3 is 2.79 bits per heavy atom. The van der Waals surface area contributed by atoms with Gasteiger partial charge in [-0.15, -0.1) is 11.3 Å². The lowest BCUT2D eigenvalue weighted by Gasteiger charge is -2.21. The van der Waals surface area contributed by atoms with Crippen LogP contribution in [-0.4, -0.2) is 39.8 Å². The minimum absolute atomic E-state index is 0.347. The molecule has 0 bridgehead atoms. The molecule has 0 aliphatic heterocycles. The molecule has 1 aliphatic carbocycles. The number of carbonyl (C=O) groups excluding carboxylic acids is 2. The Kier molecular flexibility index (Phi) is 10.8.